The van der Waals surface area contributed by atoms with Crippen LogP contribution in [0.15, 0.2) is 18.2 Å². The van der Waals surface area contributed by atoms with Crippen LogP contribution in [0.2, 0.25) is 0 Å². The summed E-state index contributed by atoms with van der Waals surface area (Å²) in [6.07, 6.45) is 1.14. The molecule has 1 aromatic rings. The Bertz CT molecular complexity index is 570. The number of benzene rings is 1. The lowest BCUT2D eigenvalue weighted by atomic mass is 10.1. The minimum absolute atomic E-state index is 0.0631. The van der Waals surface area contributed by atoms with Gasteiger partial charge in [0.25, 0.3) is 5.91 Å². The van der Waals surface area contributed by atoms with Crippen molar-refractivity contribution in [2.24, 2.45) is 5.84 Å². The molecule has 0 radical (unpaired) electrons. The molecule has 106 valence electrons. The van der Waals surface area contributed by atoms with Crippen molar-refractivity contribution in [1.29, 1.82) is 0 Å². The molecule has 0 saturated carbocycles. The molecule has 0 unspecified atom stereocenters. The minimum atomic E-state index is -3.09. The van der Waals surface area contributed by atoms with Crippen LogP contribution in [-0.2, 0) is 9.84 Å². The number of carbonyl (C=O) groups excluding carboxylic acids is 1. The molecule has 1 aromatic carbocycles. The van der Waals surface area contributed by atoms with Crippen molar-refractivity contribution in [3.63, 3.8) is 0 Å². The van der Waals surface area contributed by atoms with Gasteiger partial charge in [0.05, 0.1) is 17.0 Å². The fraction of sp³-hybridized carbons (Fsp3) is 0.417. The van der Waals surface area contributed by atoms with E-state index in [9.17, 15) is 13.2 Å². The van der Waals surface area contributed by atoms with E-state index in [2.05, 4.69) is 5.43 Å². The molecule has 0 fully saturated rings. The Morgan fingerprint density at radius 3 is 2.58 bits per heavy atom. The largest absolute Gasteiger partial charge is 0.341 e. The monoisotopic (exact) mass is 285 g/mol. The zero-order valence-electron chi connectivity index (χ0n) is 11.3. The number of nitrogens with two attached hydrogens (primary N) is 1. The maximum Gasteiger partial charge on any atom is 0.255 e. The van der Waals surface area contributed by atoms with Crippen LogP contribution >= 0.6 is 0 Å². The van der Waals surface area contributed by atoms with Crippen LogP contribution in [0.25, 0.3) is 0 Å². The Morgan fingerprint density at radius 2 is 2.05 bits per heavy atom. The summed E-state index contributed by atoms with van der Waals surface area (Å²) in [5.74, 6) is 5.04. The first kappa shape index (κ1) is 15.5. The van der Waals surface area contributed by atoms with E-state index in [0.717, 1.165) is 11.8 Å². The fourth-order valence-electron chi connectivity index (χ4n) is 1.57. The zero-order chi connectivity index (χ0) is 14.6. The Labute approximate surface area is 113 Å². The highest BCUT2D eigenvalue weighted by Gasteiger charge is 2.17. The van der Waals surface area contributed by atoms with Gasteiger partial charge in [-0.1, -0.05) is 11.6 Å². The predicted octanol–water partition coefficient (Wildman–Crippen LogP) is 0.397. The molecule has 0 bridgehead atoms. The topological polar surface area (TPSA) is 92.5 Å². The van der Waals surface area contributed by atoms with Gasteiger partial charge in [-0.3, -0.25) is 10.6 Å². The number of hydrazine groups is 1. The average Bonchev–Trinajstić information content (AvgIpc) is 2.34. The molecule has 0 aliphatic heterocycles. The van der Waals surface area contributed by atoms with Crippen LogP contribution in [0.5, 0.6) is 0 Å². The fourth-order valence-corrected chi connectivity index (χ4v) is 2.18. The maximum absolute atomic E-state index is 12.2. The Balaban J connectivity index is 2.90. The first-order chi connectivity index (χ1) is 8.74. The number of carbonyl (C=O) groups is 1. The number of nitrogens with zero attached hydrogens (tertiary/aromatic N) is 1. The summed E-state index contributed by atoms with van der Waals surface area (Å²) in [5.41, 5.74) is 4.34. The van der Waals surface area contributed by atoms with Gasteiger partial charge in [0.2, 0.25) is 0 Å². The normalized spacial score (nSPS) is 11.2. The lowest BCUT2D eigenvalue weighted by molar-refractivity contribution is 0.0804. The highest BCUT2D eigenvalue weighted by Crippen LogP contribution is 2.18. The number of amides is 1. The van der Waals surface area contributed by atoms with Gasteiger partial charge in [0.15, 0.2) is 0 Å². The number of nitrogen functional groups attached to an aromatic ring is 1. The van der Waals surface area contributed by atoms with Crippen molar-refractivity contribution in [2.45, 2.75) is 6.92 Å². The summed E-state index contributed by atoms with van der Waals surface area (Å²) < 4.78 is 22.2. The molecule has 7 heteroatoms. The van der Waals surface area contributed by atoms with E-state index in [4.69, 9.17) is 5.84 Å². The van der Waals surface area contributed by atoms with Gasteiger partial charge >= 0.3 is 0 Å². The molecule has 1 amide bonds. The average molecular weight is 285 g/mol. The van der Waals surface area contributed by atoms with Crippen molar-refractivity contribution in [3.05, 3.63) is 29.3 Å². The second-order valence-electron chi connectivity index (χ2n) is 4.55. The van der Waals surface area contributed by atoms with Crippen LogP contribution in [0.4, 0.5) is 5.69 Å². The summed E-state index contributed by atoms with van der Waals surface area (Å²) in [5, 5.41) is 0. The van der Waals surface area contributed by atoms with Gasteiger partial charge in [-0.2, -0.15) is 0 Å². The molecule has 0 spiro atoms. The molecule has 0 aliphatic carbocycles. The van der Waals surface area contributed by atoms with E-state index >= 15 is 0 Å². The van der Waals surface area contributed by atoms with Gasteiger partial charge in [0.1, 0.15) is 9.84 Å². The molecule has 6 nitrogen and oxygen atoms in total. The summed E-state index contributed by atoms with van der Waals surface area (Å²) in [6, 6.07) is 5.27. The van der Waals surface area contributed by atoms with E-state index < -0.39 is 9.84 Å². The molecular formula is C12H19N3O3S. The zero-order valence-corrected chi connectivity index (χ0v) is 12.1. The standard InChI is InChI=1S/C12H19N3O3S/c1-9-4-5-11(14-13)10(8-9)12(16)15(2)6-7-19(3,17)18/h4-5,8,14H,6-7,13H2,1-3H3. The summed E-state index contributed by atoms with van der Waals surface area (Å²) in [4.78, 5) is 13.6. The van der Waals surface area contributed by atoms with E-state index in [1.165, 1.54) is 4.90 Å². The Kier molecular flexibility index (Phi) is 4.90. The molecule has 0 atom stereocenters. The molecule has 1 rings (SSSR count). The smallest absolute Gasteiger partial charge is 0.255 e. The molecule has 0 heterocycles. The molecular weight excluding hydrogens is 266 g/mol. The van der Waals surface area contributed by atoms with Gasteiger partial charge in [0, 0.05) is 19.8 Å². The molecule has 3 N–H and O–H groups in total. The van der Waals surface area contributed by atoms with Crippen LogP contribution < -0.4 is 11.3 Å². The van der Waals surface area contributed by atoms with Gasteiger partial charge < -0.3 is 10.3 Å². The number of hydrogen-bond acceptors (Lipinski definition) is 5. The third-order valence-corrected chi connectivity index (χ3v) is 3.63. The SMILES string of the molecule is Cc1ccc(NN)c(C(=O)N(C)CCS(C)(=O)=O)c1. The second-order valence-corrected chi connectivity index (χ2v) is 6.81. The van der Waals surface area contributed by atoms with Crippen LogP contribution in [-0.4, -0.2) is 44.8 Å². The summed E-state index contributed by atoms with van der Waals surface area (Å²) in [6.45, 7) is 2.02. The third kappa shape index (κ3) is 4.53. The van der Waals surface area contributed by atoms with E-state index in [0.29, 0.717) is 11.3 Å². The number of sulfone groups is 1. The highest BCUT2D eigenvalue weighted by atomic mass is 32.2. The predicted molar refractivity (Wildman–Crippen MR) is 75.7 cm³/mol. The third-order valence-electron chi connectivity index (χ3n) is 2.71. The Hall–Kier alpha value is -1.60. The lowest BCUT2D eigenvalue weighted by Crippen LogP contribution is -2.32. The summed E-state index contributed by atoms with van der Waals surface area (Å²) >= 11 is 0. The van der Waals surface area contributed by atoms with Crippen molar-refractivity contribution in [3.8, 4) is 0 Å². The number of rotatable bonds is 5. The van der Waals surface area contributed by atoms with Crippen LogP contribution in [0, 0.1) is 6.92 Å². The minimum Gasteiger partial charge on any atom is -0.341 e. The van der Waals surface area contributed by atoms with Crippen LogP contribution in [0.3, 0.4) is 0 Å². The number of nitrogens with one attached hydrogen (secondary N) is 1. The first-order valence-electron chi connectivity index (χ1n) is 5.75. The quantitative estimate of drug-likeness (QED) is 0.603. The number of anilines is 1. The second kappa shape index (κ2) is 6.03. The molecule has 19 heavy (non-hydrogen) atoms. The van der Waals surface area contributed by atoms with Crippen molar-refractivity contribution >= 4 is 21.4 Å². The number of aryl methyl sites for hydroxylation is 1. The van der Waals surface area contributed by atoms with Gasteiger partial charge in [-0.05, 0) is 19.1 Å². The number of hydrogen-bond donors (Lipinski definition) is 2. The van der Waals surface area contributed by atoms with Crippen LogP contribution in [0.1, 0.15) is 15.9 Å². The Morgan fingerprint density at radius 1 is 1.42 bits per heavy atom. The molecule has 0 aliphatic rings. The van der Waals surface area contributed by atoms with E-state index in [1.54, 1.807) is 19.2 Å². The first-order valence-corrected chi connectivity index (χ1v) is 7.81. The summed E-state index contributed by atoms with van der Waals surface area (Å²) in [7, 11) is -1.53. The van der Waals surface area contributed by atoms with Crippen molar-refractivity contribution < 1.29 is 13.2 Å². The van der Waals surface area contributed by atoms with Crippen molar-refractivity contribution in [1.82, 2.24) is 4.90 Å². The van der Waals surface area contributed by atoms with Gasteiger partial charge in [-0.25, -0.2) is 8.42 Å². The molecule has 0 saturated heterocycles. The maximum atomic E-state index is 12.2. The van der Waals surface area contributed by atoms with Crippen molar-refractivity contribution in [2.75, 3.05) is 31.0 Å². The van der Waals surface area contributed by atoms with E-state index in [1.807, 2.05) is 13.0 Å². The van der Waals surface area contributed by atoms with E-state index in [-0.39, 0.29) is 18.2 Å². The highest BCUT2D eigenvalue weighted by molar-refractivity contribution is 7.90. The van der Waals surface area contributed by atoms with Gasteiger partial charge in [-0.15, -0.1) is 0 Å². The molecule has 0 aromatic heterocycles. The lowest BCUT2D eigenvalue weighted by Gasteiger charge is -2.18.